The van der Waals surface area contributed by atoms with E-state index in [0.29, 0.717) is 23.9 Å². The molecular weight excluding hydrogens is 296 g/mol. The number of aromatic nitrogens is 1. The predicted molar refractivity (Wildman–Crippen MR) is 85.1 cm³/mol. The fraction of sp³-hybridized carbons (Fsp3) is 0.353. The van der Waals surface area contributed by atoms with Gasteiger partial charge in [-0.1, -0.05) is 12.1 Å². The first-order chi connectivity index (χ1) is 10.9. The number of benzene rings is 1. The van der Waals surface area contributed by atoms with E-state index in [4.69, 9.17) is 0 Å². The number of aliphatic carboxylic acids is 1. The molecule has 120 valence electrons. The van der Waals surface area contributed by atoms with Gasteiger partial charge in [-0.3, -0.25) is 14.4 Å². The van der Waals surface area contributed by atoms with Crippen LogP contribution in [0.15, 0.2) is 41.3 Å². The first-order valence-electron chi connectivity index (χ1n) is 7.50. The Bertz CT molecular complexity index is 842. The van der Waals surface area contributed by atoms with Crippen molar-refractivity contribution in [2.75, 3.05) is 13.1 Å². The third-order valence-electron chi connectivity index (χ3n) is 4.53. The summed E-state index contributed by atoms with van der Waals surface area (Å²) in [5.74, 6) is -1.01. The molecule has 2 heterocycles. The van der Waals surface area contributed by atoms with Crippen LogP contribution in [-0.2, 0) is 16.1 Å². The maximum Gasteiger partial charge on any atom is 0.311 e. The molecule has 6 heteroatoms. The SMILES string of the molecule is CC1(C(=O)O)CCN(C(=O)Cn2ccc(=O)c3ccccc32)C1. The molecule has 1 N–H and O–H groups in total. The second-order valence-electron chi connectivity index (χ2n) is 6.26. The first-order valence-corrected chi connectivity index (χ1v) is 7.50. The summed E-state index contributed by atoms with van der Waals surface area (Å²) < 4.78 is 1.73. The lowest BCUT2D eigenvalue weighted by atomic mass is 9.90. The van der Waals surface area contributed by atoms with Crippen LogP contribution < -0.4 is 5.43 Å². The Morgan fingerprint density at radius 1 is 1.26 bits per heavy atom. The van der Waals surface area contributed by atoms with Crippen molar-refractivity contribution in [3.05, 3.63) is 46.8 Å². The molecule has 2 aromatic rings. The molecule has 1 saturated heterocycles. The second-order valence-corrected chi connectivity index (χ2v) is 6.26. The van der Waals surface area contributed by atoms with Gasteiger partial charge in [0, 0.05) is 30.7 Å². The van der Waals surface area contributed by atoms with Crippen molar-refractivity contribution in [3.8, 4) is 0 Å². The minimum atomic E-state index is -0.874. The molecule has 0 aliphatic carbocycles. The molecule has 1 aliphatic heterocycles. The molecular formula is C17H18N2O4. The second kappa shape index (κ2) is 5.53. The Hall–Kier alpha value is -2.63. The number of hydrogen-bond donors (Lipinski definition) is 1. The van der Waals surface area contributed by atoms with Gasteiger partial charge in [0.05, 0.1) is 10.9 Å². The number of nitrogens with zero attached hydrogens (tertiary/aromatic N) is 2. The molecule has 0 saturated carbocycles. The molecule has 3 rings (SSSR count). The van der Waals surface area contributed by atoms with Crippen molar-refractivity contribution in [3.63, 3.8) is 0 Å². The van der Waals surface area contributed by atoms with Crippen LogP contribution in [0.25, 0.3) is 10.9 Å². The number of rotatable bonds is 3. The lowest BCUT2D eigenvalue weighted by Gasteiger charge is -2.21. The zero-order valence-corrected chi connectivity index (χ0v) is 12.9. The number of hydrogen-bond acceptors (Lipinski definition) is 3. The Kier molecular flexibility index (Phi) is 3.67. The Morgan fingerprint density at radius 2 is 2.00 bits per heavy atom. The Morgan fingerprint density at radius 3 is 2.70 bits per heavy atom. The van der Waals surface area contributed by atoms with Crippen LogP contribution in [0, 0.1) is 5.41 Å². The number of carbonyl (C=O) groups excluding carboxylic acids is 1. The number of fused-ring (bicyclic) bond motifs is 1. The van der Waals surface area contributed by atoms with Crippen molar-refractivity contribution < 1.29 is 14.7 Å². The summed E-state index contributed by atoms with van der Waals surface area (Å²) in [4.78, 5) is 37.2. The smallest absolute Gasteiger partial charge is 0.311 e. The molecule has 1 amide bonds. The summed E-state index contributed by atoms with van der Waals surface area (Å²) in [5, 5.41) is 9.82. The van der Waals surface area contributed by atoms with Crippen LogP contribution in [0.5, 0.6) is 0 Å². The van der Waals surface area contributed by atoms with E-state index in [-0.39, 0.29) is 24.4 Å². The zero-order chi connectivity index (χ0) is 16.6. The number of pyridine rings is 1. The number of likely N-dealkylation sites (tertiary alicyclic amines) is 1. The van der Waals surface area contributed by atoms with Gasteiger partial charge in [-0.2, -0.15) is 0 Å². The van der Waals surface area contributed by atoms with E-state index in [0.717, 1.165) is 0 Å². The maximum absolute atomic E-state index is 12.5. The number of para-hydroxylation sites is 1. The number of carbonyl (C=O) groups is 2. The fourth-order valence-corrected chi connectivity index (χ4v) is 2.99. The molecule has 0 radical (unpaired) electrons. The molecule has 1 fully saturated rings. The Labute approximate surface area is 132 Å². The minimum Gasteiger partial charge on any atom is -0.481 e. The highest BCUT2D eigenvalue weighted by Gasteiger charge is 2.41. The molecule has 1 unspecified atom stereocenters. The van der Waals surface area contributed by atoms with Gasteiger partial charge in [-0.25, -0.2) is 0 Å². The van der Waals surface area contributed by atoms with Crippen molar-refractivity contribution in [2.45, 2.75) is 19.9 Å². The van der Waals surface area contributed by atoms with E-state index in [9.17, 15) is 19.5 Å². The summed E-state index contributed by atoms with van der Waals surface area (Å²) in [6.45, 7) is 2.42. The van der Waals surface area contributed by atoms with Gasteiger partial charge in [0.1, 0.15) is 6.54 Å². The highest BCUT2D eigenvalue weighted by atomic mass is 16.4. The quantitative estimate of drug-likeness (QED) is 0.927. The van der Waals surface area contributed by atoms with Gasteiger partial charge in [0.25, 0.3) is 0 Å². The van der Waals surface area contributed by atoms with Crippen molar-refractivity contribution >= 4 is 22.8 Å². The number of carboxylic acids is 1. The van der Waals surface area contributed by atoms with Crippen molar-refractivity contribution in [2.24, 2.45) is 5.41 Å². The van der Waals surface area contributed by atoms with Crippen LogP contribution in [0.1, 0.15) is 13.3 Å². The third kappa shape index (κ3) is 2.72. The Balaban J connectivity index is 1.84. The molecule has 1 atom stereocenters. The predicted octanol–water partition coefficient (Wildman–Crippen LogP) is 1.32. The van der Waals surface area contributed by atoms with Gasteiger partial charge in [0.2, 0.25) is 5.91 Å². The van der Waals surface area contributed by atoms with Gasteiger partial charge < -0.3 is 14.6 Å². The largest absolute Gasteiger partial charge is 0.481 e. The van der Waals surface area contributed by atoms with Gasteiger partial charge in [-0.05, 0) is 25.5 Å². The highest BCUT2D eigenvalue weighted by Crippen LogP contribution is 2.30. The van der Waals surface area contributed by atoms with Crippen LogP contribution in [-0.4, -0.2) is 39.5 Å². The minimum absolute atomic E-state index is 0.0797. The average Bonchev–Trinajstić information content (AvgIpc) is 2.94. The van der Waals surface area contributed by atoms with E-state index in [2.05, 4.69) is 0 Å². The van der Waals surface area contributed by atoms with Crippen LogP contribution in [0.2, 0.25) is 0 Å². The lowest BCUT2D eigenvalue weighted by molar-refractivity contribution is -0.147. The molecule has 23 heavy (non-hydrogen) atoms. The van der Waals surface area contributed by atoms with Crippen LogP contribution in [0.4, 0.5) is 0 Å². The molecule has 6 nitrogen and oxygen atoms in total. The highest BCUT2D eigenvalue weighted by molar-refractivity contribution is 5.83. The van der Waals surface area contributed by atoms with Crippen molar-refractivity contribution in [1.29, 1.82) is 0 Å². The van der Waals surface area contributed by atoms with E-state index in [1.54, 1.807) is 40.8 Å². The maximum atomic E-state index is 12.5. The number of carboxylic acid groups (broad SMARTS) is 1. The average molecular weight is 314 g/mol. The van der Waals surface area contributed by atoms with Gasteiger partial charge in [0.15, 0.2) is 5.43 Å². The van der Waals surface area contributed by atoms with Crippen LogP contribution >= 0.6 is 0 Å². The monoisotopic (exact) mass is 314 g/mol. The van der Waals surface area contributed by atoms with Gasteiger partial charge in [-0.15, -0.1) is 0 Å². The molecule has 0 bridgehead atoms. The normalized spacial score (nSPS) is 20.8. The zero-order valence-electron chi connectivity index (χ0n) is 12.9. The molecule has 1 aliphatic rings. The summed E-state index contributed by atoms with van der Waals surface area (Å²) in [7, 11) is 0. The third-order valence-corrected chi connectivity index (χ3v) is 4.53. The summed E-state index contributed by atoms with van der Waals surface area (Å²) in [5.41, 5.74) is -0.251. The summed E-state index contributed by atoms with van der Waals surface area (Å²) in [6.07, 6.45) is 2.06. The van der Waals surface area contributed by atoms with E-state index in [1.807, 2.05) is 6.07 Å². The standard InChI is InChI=1S/C17H18N2O4/c1-17(16(22)23)7-9-19(11-17)15(21)10-18-8-6-14(20)12-4-2-3-5-13(12)18/h2-6,8H,7,9-11H2,1H3,(H,22,23). The van der Waals surface area contributed by atoms with Crippen molar-refractivity contribution in [1.82, 2.24) is 9.47 Å². The lowest BCUT2D eigenvalue weighted by Crippen LogP contribution is -2.36. The number of amides is 1. The fourth-order valence-electron chi connectivity index (χ4n) is 2.99. The molecule has 0 spiro atoms. The summed E-state index contributed by atoms with van der Waals surface area (Å²) >= 11 is 0. The first kappa shape index (κ1) is 15.3. The molecule has 1 aromatic carbocycles. The molecule has 1 aromatic heterocycles. The van der Waals surface area contributed by atoms with E-state index in [1.165, 1.54) is 6.07 Å². The van der Waals surface area contributed by atoms with E-state index >= 15 is 0 Å². The topological polar surface area (TPSA) is 79.6 Å². The van der Waals surface area contributed by atoms with Crippen LogP contribution in [0.3, 0.4) is 0 Å². The van der Waals surface area contributed by atoms with E-state index < -0.39 is 11.4 Å². The summed E-state index contributed by atoms with van der Waals surface area (Å²) in [6, 6.07) is 8.58. The van der Waals surface area contributed by atoms with Gasteiger partial charge >= 0.3 is 5.97 Å².